The molecule has 0 bridgehead atoms. The lowest BCUT2D eigenvalue weighted by atomic mass is 9.94. The summed E-state index contributed by atoms with van der Waals surface area (Å²) in [5.41, 5.74) is 2.90. The van der Waals surface area contributed by atoms with Gasteiger partial charge in [-0.1, -0.05) is 34.3 Å². The van der Waals surface area contributed by atoms with Gasteiger partial charge in [0.25, 0.3) is 5.91 Å². The number of amides is 1. The number of carbonyl (C=O) groups is 1. The van der Waals surface area contributed by atoms with E-state index in [0.29, 0.717) is 12.2 Å². The topological polar surface area (TPSA) is 62.7 Å². The predicted octanol–water partition coefficient (Wildman–Crippen LogP) is 4.89. The summed E-state index contributed by atoms with van der Waals surface area (Å²) in [4.78, 5) is 19.1. The van der Waals surface area contributed by atoms with Crippen molar-refractivity contribution < 1.29 is 14.6 Å². The number of aromatic nitrogens is 1. The molecule has 1 heterocycles. The number of aryl methyl sites for hydroxylation is 1. The fourth-order valence-corrected chi connectivity index (χ4v) is 3.77. The highest BCUT2D eigenvalue weighted by atomic mass is 16.5. The van der Waals surface area contributed by atoms with Crippen LogP contribution in [0.25, 0.3) is 0 Å². The Morgan fingerprint density at radius 2 is 1.88 bits per heavy atom. The minimum absolute atomic E-state index is 0. The molecular weight excluding hydrogens is 400 g/mol. The molecule has 1 amide bonds. The second kappa shape index (κ2) is 13.9. The maximum atomic E-state index is 12.9. The van der Waals surface area contributed by atoms with Gasteiger partial charge in [0.15, 0.2) is 0 Å². The number of hydrogen-bond acceptors (Lipinski definition) is 4. The van der Waals surface area contributed by atoms with Crippen LogP contribution in [0.5, 0.6) is 5.75 Å². The quantitative estimate of drug-likeness (QED) is 0.670. The van der Waals surface area contributed by atoms with Crippen molar-refractivity contribution in [1.82, 2.24) is 9.88 Å². The predicted molar refractivity (Wildman–Crippen MR) is 129 cm³/mol. The molecule has 0 spiro atoms. The minimum atomic E-state index is -0.249. The molecule has 1 aliphatic carbocycles. The van der Waals surface area contributed by atoms with Gasteiger partial charge in [-0.25, -0.2) is 0 Å². The summed E-state index contributed by atoms with van der Waals surface area (Å²) in [7, 11) is 1.85. The molecule has 2 atom stereocenters. The Bertz CT molecular complexity index is 790. The molecule has 1 saturated carbocycles. The first kappa shape index (κ1) is 27.6. The van der Waals surface area contributed by atoms with Crippen LogP contribution in [0.15, 0.2) is 42.6 Å². The number of carbonyl (C=O) groups excluding carboxylic acids is 1. The van der Waals surface area contributed by atoms with E-state index in [0.717, 1.165) is 56.4 Å². The van der Waals surface area contributed by atoms with Gasteiger partial charge in [0, 0.05) is 37.0 Å². The van der Waals surface area contributed by atoms with E-state index in [-0.39, 0.29) is 32.9 Å². The van der Waals surface area contributed by atoms with Gasteiger partial charge >= 0.3 is 0 Å². The van der Waals surface area contributed by atoms with E-state index >= 15 is 0 Å². The zero-order valence-electron chi connectivity index (χ0n) is 19.5. The number of pyridine rings is 1. The van der Waals surface area contributed by atoms with Crippen molar-refractivity contribution in [3.63, 3.8) is 0 Å². The van der Waals surface area contributed by atoms with Crippen LogP contribution in [0, 0.1) is 21.3 Å². The highest BCUT2D eigenvalue weighted by Crippen LogP contribution is 2.22. The van der Waals surface area contributed by atoms with Crippen LogP contribution < -0.4 is 4.74 Å². The number of hydrogen-bond donors (Lipinski definition) is 1. The molecule has 1 aromatic carbocycles. The van der Waals surface area contributed by atoms with Gasteiger partial charge in [0.1, 0.15) is 5.75 Å². The molecule has 0 saturated heterocycles. The molecule has 173 valence electrons. The maximum absolute atomic E-state index is 12.9. The molecule has 2 unspecified atom stereocenters. The van der Waals surface area contributed by atoms with Crippen LogP contribution in [-0.2, 0) is 12.8 Å². The van der Waals surface area contributed by atoms with Crippen LogP contribution in [-0.4, -0.2) is 46.7 Å². The van der Waals surface area contributed by atoms with Crippen LogP contribution in [0.4, 0.5) is 0 Å². The molecule has 3 rings (SSSR count). The molecular formula is C27H37N2O3. The molecule has 1 N–H and O–H groups in total. The Morgan fingerprint density at radius 3 is 2.53 bits per heavy atom. The van der Waals surface area contributed by atoms with Gasteiger partial charge in [0.2, 0.25) is 0 Å². The fourth-order valence-electron chi connectivity index (χ4n) is 3.77. The highest BCUT2D eigenvalue weighted by molar-refractivity contribution is 5.94. The van der Waals surface area contributed by atoms with Crippen molar-refractivity contribution >= 4 is 5.91 Å². The molecule has 1 aliphatic rings. The van der Waals surface area contributed by atoms with Gasteiger partial charge in [-0.15, -0.1) is 0 Å². The summed E-state index contributed by atoms with van der Waals surface area (Å²) >= 11 is 0. The third-order valence-electron chi connectivity index (χ3n) is 5.82. The smallest absolute Gasteiger partial charge is 0.253 e. The Labute approximate surface area is 194 Å². The molecule has 1 fully saturated rings. The first-order valence-corrected chi connectivity index (χ1v) is 11.0. The lowest BCUT2D eigenvalue weighted by molar-refractivity contribution is 0.0706. The van der Waals surface area contributed by atoms with Gasteiger partial charge in [-0.3, -0.25) is 9.78 Å². The van der Waals surface area contributed by atoms with Crippen LogP contribution in [0.2, 0.25) is 0 Å². The van der Waals surface area contributed by atoms with E-state index in [9.17, 15) is 9.90 Å². The second-order valence-corrected chi connectivity index (χ2v) is 8.02. The van der Waals surface area contributed by atoms with E-state index < -0.39 is 0 Å². The van der Waals surface area contributed by atoms with Gasteiger partial charge in [-0.05, 0) is 74.4 Å². The normalized spacial score (nSPS) is 18.3. The van der Waals surface area contributed by atoms with Gasteiger partial charge in [-0.2, -0.15) is 0 Å². The third kappa shape index (κ3) is 7.94. The van der Waals surface area contributed by atoms with Crippen molar-refractivity contribution in [2.45, 2.75) is 64.0 Å². The molecule has 5 radical (unpaired) electrons. The molecule has 5 heteroatoms. The van der Waals surface area contributed by atoms with Crippen LogP contribution >= 0.6 is 0 Å². The molecule has 32 heavy (non-hydrogen) atoms. The van der Waals surface area contributed by atoms with Crippen molar-refractivity contribution in [3.8, 4) is 5.75 Å². The first-order valence-electron chi connectivity index (χ1n) is 11.0. The third-order valence-corrected chi connectivity index (χ3v) is 5.82. The highest BCUT2D eigenvalue weighted by Gasteiger charge is 2.23. The second-order valence-electron chi connectivity index (χ2n) is 8.02. The number of aliphatic hydroxyl groups excluding tert-OH is 1. The Morgan fingerprint density at radius 1 is 1.12 bits per heavy atom. The van der Waals surface area contributed by atoms with Crippen LogP contribution in [0.3, 0.4) is 0 Å². The molecule has 2 aromatic rings. The maximum Gasteiger partial charge on any atom is 0.253 e. The van der Waals surface area contributed by atoms with E-state index in [4.69, 9.17) is 4.74 Å². The number of nitrogens with zero attached hydrogens (tertiary/aromatic N) is 2. The summed E-state index contributed by atoms with van der Waals surface area (Å²) in [5.74, 6) is 0.748. The monoisotopic (exact) mass is 437 g/mol. The van der Waals surface area contributed by atoms with E-state index in [1.165, 1.54) is 5.56 Å². The summed E-state index contributed by atoms with van der Waals surface area (Å²) < 4.78 is 5.82. The summed E-state index contributed by atoms with van der Waals surface area (Å²) in [6.45, 7) is 2.66. The summed E-state index contributed by atoms with van der Waals surface area (Å²) in [5, 5.41) is 9.93. The lowest BCUT2D eigenvalue weighted by Gasteiger charge is -2.30. The fraction of sp³-hybridized carbons (Fsp3) is 0.444. The Kier molecular flexibility index (Phi) is 12.0. The Hall–Kier alpha value is -2.40. The van der Waals surface area contributed by atoms with Crippen molar-refractivity contribution in [1.29, 1.82) is 0 Å². The van der Waals surface area contributed by atoms with E-state index in [2.05, 4.69) is 24.4 Å². The van der Waals surface area contributed by atoms with Crippen molar-refractivity contribution in [3.05, 3.63) is 80.7 Å². The minimum Gasteiger partial charge on any atom is -0.493 e. The Balaban J connectivity index is 0.00000256. The zero-order chi connectivity index (χ0) is 21.3. The zero-order valence-corrected chi connectivity index (χ0v) is 19.5. The average Bonchev–Trinajstić information content (AvgIpc) is 2.77. The van der Waals surface area contributed by atoms with Gasteiger partial charge < -0.3 is 14.7 Å². The van der Waals surface area contributed by atoms with Crippen molar-refractivity contribution in [2.75, 3.05) is 13.7 Å². The van der Waals surface area contributed by atoms with E-state index in [1.807, 2.05) is 43.6 Å². The number of rotatable bonds is 7. The lowest BCUT2D eigenvalue weighted by Crippen LogP contribution is -2.38. The molecule has 5 nitrogen and oxygen atoms in total. The SMILES string of the molecule is CCc1ccc(CCOc2ccc(C(=O)N(C)C3[CH]CCCC(O)CC3)cc2)nc1.[CH2].[CH2]. The molecule has 1 aromatic heterocycles. The van der Waals surface area contributed by atoms with Gasteiger partial charge in [0.05, 0.1) is 12.7 Å². The number of ether oxygens (including phenoxy) is 1. The number of benzene rings is 1. The van der Waals surface area contributed by atoms with Crippen LogP contribution in [0.1, 0.15) is 60.6 Å². The summed E-state index contributed by atoms with van der Waals surface area (Å²) in [6, 6.07) is 11.6. The molecule has 0 aliphatic heterocycles. The van der Waals surface area contributed by atoms with Crippen molar-refractivity contribution in [2.24, 2.45) is 0 Å². The standard InChI is InChI=1S/C25H33N2O3.2CH2/c1-3-19-8-11-21(26-18-19)16-17-30-24-14-9-20(10-15-24)25(29)27(2)22-6-4-5-7-23(28)13-12-22;;/h6,8-11,14-15,18,22-23,28H,3-5,7,12-13,16-17H2,1-2H3;2*1H2. The summed E-state index contributed by atoms with van der Waals surface area (Å²) in [6.07, 6.45) is 9.92. The number of aliphatic hydroxyl groups is 1. The average molecular weight is 438 g/mol. The van der Waals surface area contributed by atoms with E-state index in [1.54, 1.807) is 4.90 Å². The largest absolute Gasteiger partial charge is 0.493 e. The first-order chi connectivity index (χ1) is 14.6.